The van der Waals surface area contributed by atoms with Crippen LogP contribution in [0, 0.1) is 0 Å². The number of pyridine rings is 4. The number of aromatic nitrogens is 8. The van der Waals surface area contributed by atoms with Crippen LogP contribution in [-0.2, 0) is 0 Å². The summed E-state index contributed by atoms with van der Waals surface area (Å²) in [6.45, 7) is 0. The van der Waals surface area contributed by atoms with Gasteiger partial charge >= 0.3 is 0 Å². The van der Waals surface area contributed by atoms with Crippen LogP contribution in [0.4, 0.5) is 34.1 Å². The van der Waals surface area contributed by atoms with Gasteiger partial charge in [0.05, 0.1) is 62.6 Å². The molecule has 76 heavy (non-hydrogen) atoms. The van der Waals surface area contributed by atoms with Gasteiger partial charge in [-0.05, 0) is 121 Å². The number of benzene rings is 6. The average molecular weight is 1010 g/mol. The molecule has 0 amide bonds. The number of nitrogens with zero attached hydrogens (tertiary/aromatic N) is 10. The Morgan fingerprint density at radius 1 is 0.276 bits per heavy atom. The highest BCUT2D eigenvalue weighted by atomic mass is 32.2. The normalized spacial score (nSPS) is 12.3. The summed E-state index contributed by atoms with van der Waals surface area (Å²) in [5.74, 6) is 1.08. The standard InChI is InChI=1S/C64H40N10S2/c1-5-23-59-53(19-1)73(54-20-2-6-24-60(54)75-59)57-35-41(49-37-51(43-15-13-31-65-39-43)71-64(70-49)48-18-10-12-34-68-48)27-29-45(57)46-30-28-42(36-58(46)74-55-21-3-7-25-61(55)76-62-26-8-4-22-56(62)74)50-38-52(47-17-9-11-33-67-47)72-63(69-50)44-16-14-32-66-40-44/h1-40H. The van der Waals surface area contributed by atoms with E-state index in [1.54, 1.807) is 54.5 Å². The van der Waals surface area contributed by atoms with Crippen LogP contribution in [0.25, 0.3) is 79.2 Å². The first kappa shape index (κ1) is 45.0. The molecule has 0 saturated heterocycles. The number of hydrogen-bond acceptors (Lipinski definition) is 12. The van der Waals surface area contributed by atoms with E-state index in [1.165, 1.54) is 0 Å². The van der Waals surface area contributed by atoms with Crippen LogP contribution in [-0.4, -0.2) is 39.9 Å². The highest BCUT2D eigenvalue weighted by Gasteiger charge is 2.31. The predicted octanol–water partition coefficient (Wildman–Crippen LogP) is 16.4. The van der Waals surface area contributed by atoms with Gasteiger partial charge in [-0.1, -0.05) is 108 Å². The summed E-state index contributed by atoms with van der Waals surface area (Å²) in [6.07, 6.45) is 10.7. The fourth-order valence-corrected chi connectivity index (χ4v) is 12.0. The van der Waals surface area contributed by atoms with Gasteiger partial charge in [0, 0.05) is 90.1 Å². The third-order valence-electron chi connectivity index (χ3n) is 13.4. The van der Waals surface area contributed by atoms with E-state index in [1.807, 2.05) is 72.9 Å². The third kappa shape index (κ3) is 8.31. The fourth-order valence-electron chi connectivity index (χ4n) is 9.87. The molecule has 6 aromatic carbocycles. The highest BCUT2D eigenvalue weighted by molar-refractivity contribution is 8.00. The number of rotatable bonds is 9. The van der Waals surface area contributed by atoms with Crippen molar-refractivity contribution in [1.29, 1.82) is 0 Å². The maximum Gasteiger partial charge on any atom is 0.179 e. The van der Waals surface area contributed by atoms with Crippen LogP contribution in [0.2, 0.25) is 0 Å². The molecule has 8 heterocycles. The van der Waals surface area contributed by atoms with Gasteiger partial charge in [-0.25, -0.2) is 19.9 Å². The van der Waals surface area contributed by atoms with Gasteiger partial charge in [-0.15, -0.1) is 0 Å². The summed E-state index contributed by atoms with van der Waals surface area (Å²) >= 11 is 3.57. The van der Waals surface area contributed by atoms with Gasteiger partial charge in [0.1, 0.15) is 5.69 Å². The zero-order chi connectivity index (χ0) is 50.4. The lowest BCUT2D eigenvalue weighted by atomic mass is 9.94. The lowest BCUT2D eigenvalue weighted by Gasteiger charge is -2.36. The zero-order valence-corrected chi connectivity index (χ0v) is 42.0. The summed E-state index contributed by atoms with van der Waals surface area (Å²) in [5, 5.41) is 0. The maximum atomic E-state index is 5.29. The number of fused-ring (bicyclic) bond motifs is 4. The Balaban J connectivity index is 1.05. The maximum absolute atomic E-state index is 5.29. The summed E-state index contributed by atoms with van der Waals surface area (Å²) in [4.78, 5) is 48.5. The van der Waals surface area contributed by atoms with Crippen molar-refractivity contribution in [2.75, 3.05) is 9.80 Å². The molecule has 0 spiro atoms. The van der Waals surface area contributed by atoms with Gasteiger partial charge in [-0.3, -0.25) is 19.9 Å². The van der Waals surface area contributed by atoms with E-state index < -0.39 is 0 Å². The summed E-state index contributed by atoms with van der Waals surface area (Å²) < 4.78 is 0. The molecule has 0 aliphatic carbocycles. The second-order valence-electron chi connectivity index (χ2n) is 18.0. The molecule has 0 unspecified atom stereocenters. The minimum Gasteiger partial charge on any atom is -0.308 e. The second-order valence-corrected chi connectivity index (χ2v) is 20.2. The lowest BCUT2D eigenvalue weighted by Crippen LogP contribution is -2.18. The molecule has 12 aromatic rings. The number of anilines is 6. The molecule has 6 aromatic heterocycles. The Morgan fingerprint density at radius 3 is 1.17 bits per heavy atom. The Hall–Kier alpha value is -9.62. The van der Waals surface area contributed by atoms with Crippen LogP contribution in [0.15, 0.2) is 263 Å². The Morgan fingerprint density at radius 2 is 0.697 bits per heavy atom. The molecule has 12 heteroatoms. The number of hydrogen-bond donors (Lipinski definition) is 0. The predicted molar refractivity (Wildman–Crippen MR) is 304 cm³/mol. The lowest BCUT2D eigenvalue weighted by molar-refractivity contribution is 1.14. The van der Waals surface area contributed by atoms with Crippen molar-refractivity contribution in [1.82, 2.24) is 39.9 Å². The van der Waals surface area contributed by atoms with E-state index in [4.69, 9.17) is 29.9 Å². The van der Waals surface area contributed by atoms with Gasteiger partial charge in [0.2, 0.25) is 0 Å². The summed E-state index contributed by atoms with van der Waals surface area (Å²) in [7, 11) is 0. The van der Waals surface area contributed by atoms with Crippen molar-refractivity contribution in [2.24, 2.45) is 0 Å². The van der Waals surface area contributed by atoms with E-state index in [0.717, 1.165) is 110 Å². The Labute approximate surface area is 447 Å². The van der Waals surface area contributed by atoms with E-state index in [0.29, 0.717) is 23.0 Å². The monoisotopic (exact) mass is 1010 g/mol. The molecule has 2 aliphatic rings. The molecule has 358 valence electrons. The van der Waals surface area contributed by atoms with Crippen LogP contribution in [0.3, 0.4) is 0 Å². The van der Waals surface area contributed by atoms with E-state index >= 15 is 0 Å². The molecule has 10 nitrogen and oxygen atoms in total. The van der Waals surface area contributed by atoms with Crippen LogP contribution >= 0.6 is 23.5 Å². The van der Waals surface area contributed by atoms with E-state index in [-0.39, 0.29) is 0 Å². The van der Waals surface area contributed by atoms with Crippen molar-refractivity contribution < 1.29 is 0 Å². The van der Waals surface area contributed by atoms with Crippen molar-refractivity contribution in [3.05, 3.63) is 243 Å². The summed E-state index contributed by atoms with van der Waals surface area (Å²) in [5.41, 5.74) is 16.1. The fraction of sp³-hybridized carbons (Fsp3) is 0. The van der Waals surface area contributed by atoms with Gasteiger partial charge in [0.15, 0.2) is 11.6 Å². The molecule has 2 aliphatic heterocycles. The first-order chi connectivity index (χ1) is 37.7. The molecule has 0 radical (unpaired) electrons. The zero-order valence-electron chi connectivity index (χ0n) is 40.4. The Bertz CT molecular complexity index is 3670. The topological polar surface area (TPSA) is 110 Å². The largest absolute Gasteiger partial charge is 0.308 e. The van der Waals surface area contributed by atoms with Crippen LogP contribution in [0.5, 0.6) is 0 Å². The molecule has 0 N–H and O–H groups in total. The van der Waals surface area contributed by atoms with Crippen LogP contribution < -0.4 is 9.80 Å². The van der Waals surface area contributed by atoms with Gasteiger partial charge in [-0.2, -0.15) is 0 Å². The van der Waals surface area contributed by atoms with Gasteiger partial charge < -0.3 is 9.80 Å². The molecular formula is C64H40N10S2. The summed E-state index contributed by atoms with van der Waals surface area (Å²) in [6, 6.07) is 71.7. The Kier molecular flexibility index (Phi) is 11.5. The second kappa shape index (κ2) is 19.3. The molecule has 14 rings (SSSR count). The first-order valence-electron chi connectivity index (χ1n) is 24.7. The van der Waals surface area contributed by atoms with Gasteiger partial charge in [0.25, 0.3) is 0 Å². The van der Waals surface area contributed by atoms with Crippen molar-refractivity contribution in [3.63, 3.8) is 0 Å². The molecular weight excluding hydrogens is 973 g/mol. The van der Waals surface area contributed by atoms with Crippen molar-refractivity contribution in [2.45, 2.75) is 19.6 Å². The minimum absolute atomic E-state index is 0.522. The molecule has 0 atom stereocenters. The molecule has 0 saturated carbocycles. The smallest absolute Gasteiger partial charge is 0.179 e. The minimum atomic E-state index is 0.522. The SMILES string of the molecule is c1ccc(-c2cc(-c3ccc(-c4ccc(-c5cc(-c6cccnc6)nc(-c6ccccn6)n5)cc4N4c5ccccc5Sc5ccccc54)c(N4c5ccccc5Sc5ccccc54)c3)nc(-c3cccnc3)n2)nc1. The molecule has 0 fully saturated rings. The van der Waals surface area contributed by atoms with Crippen molar-refractivity contribution >= 4 is 57.6 Å². The van der Waals surface area contributed by atoms with E-state index in [2.05, 4.69) is 159 Å². The third-order valence-corrected chi connectivity index (χ3v) is 15.6. The van der Waals surface area contributed by atoms with Crippen LogP contribution in [0.1, 0.15) is 0 Å². The average Bonchev–Trinajstić information content (AvgIpc) is 3.58. The first-order valence-corrected chi connectivity index (χ1v) is 26.3. The molecule has 0 bridgehead atoms. The highest BCUT2D eigenvalue weighted by Crippen LogP contribution is 2.57. The van der Waals surface area contributed by atoms with E-state index in [9.17, 15) is 0 Å². The number of para-hydroxylation sites is 4. The van der Waals surface area contributed by atoms with Crippen molar-refractivity contribution in [3.8, 4) is 79.2 Å². The quantitative estimate of drug-likeness (QED) is 0.137.